The van der Waals surface area contributed by atoms with Gasteiger partial charge in [-0.25, -0.2) is 0 Å². The molecule has 2 rings (SSSR count). The lowest BCUT2D eigenvalue weighted by molar-refractivity contribution is 0.272. The summed E-state index contributed by atoms with van der Waals surface area (Å²) in [6.45, 7) is 7.75. The second-order valence-corrected chi connectivity index (χ2v) is 5.38. The first-order chi connectivity index (χ1) is 9.65. The van der Waals surface area contributed by atoms with Crippen molar-refractivity contribution in [2.24, 2.45) is 5.92 Å². The average Bonchev–Trinajstić information content (AvgIpc) is 2.45. The van der Waals surface area contributed by atoms with Crippen molar-refractivity contribution in [2.45, 2.75) is 27.3 Å². The number of ether oxygens (including phenoxy) is 1. The van der Waals surface area contributed by atoms with Crippen molar-refractivity contribution in [3.05, 3.63) is 53.9 Å². The normalized spacial score (nSPS) is 10.6. The number of pyridine rings is 1. The van der Waals surface area contributed by atoms with E-state index in [0.717, 1.165) is 23.7 Å². The summed E-state index contributed by atoms with van der Waals surface area (Å²) in [5.41, 5.74) is 3.21. The summed E-state index contributed by atoms with van der Waals surface area (Å²) < 4.78 is 5.82. The second kappa shape index (κ2) is 6.94. The van der Waals surface area contributed by atoms with Crippen molar-refractivity contribution < 1.29 is 4.74 Å². The molecule has 106 valence electrons. The fourth-order valence-corrected chi connectivity index (χ4v) is 1.78. The van der Waals surface area contributed by atoms with Crippen LogP contribution in [-0.4, -0.2) is 11.6 Å². The molecule has 0 radical (unpaired) electrons. The molecule has 1 heterocycles. The van der Waals surface area contributed by atoms with Gasteiger partial charge < -0.3 is 10.1 Å². The zero-order valence-electron chi connectivity index (χ0n) is 12.4. The van der Waals surface area contributed by atoms with Crippen molar-refractivity contribution in [1.82, 2.24) is 4.98 Å². The lowest BCUT2D eigenvalue weighted by Gasteiger charge is -2.14. The Balaban J connectivity index is 1.99. The highest BCUT2D eigenvalue weighted by Crippen LogP contribution is 2.24. The molecular weight excluding hydrogens is 248 g/mol. The molecule has 0 saturated heterocycles. The molecule has 0 aliphatic heterocycles. The van der Waals surface area contributed by atoms with Crippen LogP contribution in [0.25, 0.3) is 0 Å². The van der Waals surface area contributed by atoms with Crippen molar-refractivity contribution in [3.8, 4) is 5.75 Å². The van der Waals surface area contributed by atoms with Crippen LogP contribution in [-0.2, 0) is 6.54 Å². The summed E-state index contributed by atoms with van der Waals surface area (Å²) in [5, 5.41) is 3.39. The molecule has 0 atom stereocenters. The van der Waals surface area contributed by atoms with Gasteiger partial charge in [0.15, 0.2) is 0 Å². The summed E-state index contributed by atoms with van der Waals surface area (Å²) in [6, 6.07) is 12.1. The van der Waals surface area contributed by atoms with Gasteiger partial charge in [0.25, 0.3) is 0 Å². The first-order valence-electron chi connectivity index (χ1n) is 7.02. The van der Waals surface area contributed by atoms with Crippen LogP contribution in [0, 0.1) is 12.8 Å². The monoisotopic (exact) mass is 270 g/mol. The fraction of sp³-hybridized carbons (Fsp3) is 0.353. The lowest BCUT2D eigenvalue weighted by Crippen LogP contribution is -2.08. The van der Waals surface area contributed by atoms with Gasteiger partial charge in [-0.05, 0) is 36.6 Å². The number of benzene rings is 1. The predicted molar refractivity (Wildman–Crippen MR) is 83.1 cm³/mol. The van der Waals surface area contributed by atoms with Gasteiger partial charge in [-0.15, -0.1) is 0 Å². The Bertz CT molecular complexity index is 535. The molecule has 0 amide bonds. The van der Waals surface area contributed by atoms with E-state index in [9.17, 15) is 0 Å². The topological polar surface area (TPSA) is 34.1 Å². The molecule has 0 aliphatic carbocycles. The molecule has 0 bridgehead atoms. The largest absolute Gasteiger partial charge is 0.491 e. The number of aryl methyl sites for hydroxylation is 1. The SMILES string of the molecule is Cc1ccc(CNc2ccccc2OCC(C)C)nc1. The van der Waals surface area contributed by atoms with Gasteiger partial charge in [0.2, 0.25) is 0 Å². The van der Waals surface area contributed by atoms with Gasteiger partial charge in [-0.1, -0.05) is 32.0 Å². The number of para-hydroxylation sites is 2. The Kier molecular flexibility index (Phi) is 4.99. The Morgan fingerprint density at radius 1 is 1.15 bits per heavy atom. The minimum Gasteiger partial charge on any atom is -0.491 e. The Labute approximate surface area is 121 Å². The van der Waals surface area contributed by atoms with Crippen LogP contribution in [0.4, 0.5) is 5.69 Å². The highest BCUT2D eigenvalue weighted by Gasteiger charge is 2.04. The van der Waals surface area contributed by atoms with E-state index in [2.05, 4.69) is 30.2 Å². The van der Waals surface area contributed by atoms with E-state index in [0.29, 0.717) is 12.5 Å². The summed E-state index contributed by atoms with van der Waals surface area (Å²) in [7, 11) is 0. The maximum Gasteiger partial charge on any atom is 0.142 e. The zero-order valence-corrected chi connectivity index (χ0v) is 12.4. The number of rotatable bonds is 6. The molecular formula is C17H22N2O. The maximum atomic E-state index is 5.82. The molecule has 0 fully saturated rings. The maximum absolute atomic E-state index is 5.82. The van der Waals surface area contributed by atoms with Crippen LogP contribution >= 0.6 is 0 Å². The van der Waals surface area contributed by atoms with E-state index >= 15 is 0 Å². The van der Waals surface area contributed by atoms with Gasteiger partial charge in [0, 0.05) is 6.20 Å². The molecule has 0 aliphatic rings. The van der Waals surface area contributed by atoms with E-state index in [1.807, 2.05) is 43.5 Å². The third-order valence-electron chi connectivity index (χ3n) is 2.89. The third-order valence-corrected chi connectivity index (χ3v) is 2.89. The first kappa shape index (κ1) is 14.4. The van der Waals surface area contributed by atoms with E-state index in [1.165, 1.54) is 5.56 Å². The van der Waals surface area contributed by atoms with E-state index in [4.69, 9.17) is 4.74 Å². The fourth-order valence-electron chi connectivity index (χ4n) is 1.78. The summed E-state index contributed by atoms with van der Waals surface area (Å²) >= 11 is 0. The van der Waals surface area contributed by atoms with E-state index in [-0.39, 0.29) is 0 Å². The van der Waals surface area contributed by atoms with Crippen molar-refractivity contribution >= 4 is 5.69 Å². The number of hydrogen-bond acceptors (Lipinski definition) is 3. The minimum atomic E-state index is 0.516. The van der Waals surface area contributed by atoms with Crippen LogP contribution in [0.5, 0.6) is 5.75 Å². The van der Waals surface area contributed by atoms with Crippen molar-refractivity contribution in [1.29, 1.82) is 0 Å². The number of anilines is 1. The van der Waals surface area contributed by atoms with Crippen LogP contribution in [0.1, 0.15) is 25.1 Å². The molecule has 3 nitrogen and oxygen atoms in total. The van der Waals surface area contributed by atoms with Crippen molar-refractivity contribution in [2.75, 3.05) is 11.9 Å². The third kappa shape index (κ3) is 4.26. The average molecular weight is 270 g/mol. The second-order valence-electron chi connectivity index (χ2n) is 5.38. The summed E-state index contributed by atoms with van der Waals surface area (Å²) in [4.78, 5) is 4.39. The lowest BCUT2D eigenvalue weighted by atomic mass is 10.2. The molecule has 20 heavy (non-hydrogen) atoms. The number of nitrogens with one attached hydrogen (secondary N) is 1. The quantitative estimate of drug-likeness (QED) is 0.860. The van der Waals surface area contributed by atoms with Crippen LogP contribution < -0.4 is 10.1 Å². The highest BCUT2D eigenvalue weighted by atomic mass is 16.5. The molecule has 3 heteroatoms. The molecule has 0 saturated carbocycles. The first-order valence-corrected chi connectivity index (χ1v) is 7.02. The standard InChI is InChI=1S/C17H22N2O/c1-13(2)12-20-17-7-5-4-6-16(17)19-11-15-9-8-14(3)10-18-15/h4-10,13,19H,11-12H2,1-3H3. The molecule has 1 aromatic heterocycles. The Hall–Kier alpha value is -2.03. The van der Waals surface area contributed by atoms with Crippen LogP contribution in [0.3, 0.4) is 0 Å². The molecule has 0 unspecified atom stereocenters. The number of nitrogens with zero attached hydrogens (tertiary/aromatic N) is 1. The van der Waals surface area contributed by atoms with Crippen molar-refractivity contribution in [3.63, 3.8) is 0 Å². The van der Waals surface area contributed by atoms with Gasteiger partial charge in [0.1, 0.15) is 5.75 Å². The highest BCUT2D eigenvalue weighted by molar-refractivity contribution is 5.56. The Morgan fingerprint density at radius 3 is 2.65 bits per heavy atom. The van der Waals surface area contributed by atoms with E-state index < -0.39 is 0 Å². The summed E-state index contributed by atoms with van der Waals surface area (Å²) in [5.74, 6) is 1.41. The van der Waals surface area contributed by atoms with Gasteiger partial charge in [-0.2, -0.15) is 0 Å². The van der Waals surface area contributed by atoms with Crippen LogP contribution in [0.15, 0.2) is 42.6 Å². The minimum absolute atomic E-state index is 0.516. The van der Waals surface area contributed by atoms with Gasteiger partial charge in [0.05, 0.1) is 24.5 Å². The smallest absolute Gasteiger partial charge is 0.142 e. The Morgan fingerprint density at radius 2 is 1.95 bits per heavy atom. The number of hydrogen-bond donors (Lipinski definition) is 1. The van der Waals surface area contributed by atoms with Gasteiger partial charge >= 0.3 is 0 Å². The van der Waals surface area contributed by atoms with E-state index in [1.54, 1.807) is 0 Å². The molecule has 0 spiro atoms. The van der Waals surface area contributed by atoms with Gasteiger partial charge in [-0.3, -0.25) is 4.98 Å². The predicted octanol–water partition coefficient (Wildman–Crippen LogP) is 4.04. The zero-order chi connectivity index (χ0) is 14.4. The summed E-state index contributed by atoms with van der Waals surface area (Å²) in [6.07, 6.45) is 1.89. The van der Waals surface area contributed by atoms with Crippen LogP contribution in [0.2, 0.25) is 0 Å². The molecule has 1 N–H and O–H groups in total. The number of aromatic nitrogens is 1. The molecule has 1 aromatic carbocycles. The molecule has 2 aromatic rings.